The molecule has 0 aliphatic carbocycles. The second kappa shape index (κ2) is 11.8. The van der Waals surface area contributed by atoms with Crippen molar-refractivity contribution in [1.82, 2.24) is 29.8 Å². The first kappa shape index (κ1) is 26.7. The van der Waals surface area contributed by atoms with Crippen LogP contribution in [0.2, 0.25) is 0 Å². The molecule has 4 rings (SSSR count). The van der Waals surface area contributed by atoms with Gasteiger partial charge in [-0.15, -0.1) is 0 Å². The van der Waals surface area contributed by atoms with Crippen molar-refractivity contribution in [1.29, 1.82) is 0 Å². The van der Waals surface area contributed by atoms with Crippen LogP contribution in [0.1, 0.15) is 25.0 Å². The Bertz CT molecular complexity index is 1080. The molecule has 15 heteroatoms. The first-order chi connectivity index (χ1) is 17.7. The number of carbonyl (C=O) groups excluding carboxylic acids is 1. The van der Waals surface area contributed by atoms with E-state index in [0.717, 1.165) is 38.7 Å². The number of ether oxygens (including phenoxy) is 2. The molecule has 0 atom stereocenters. The molecule has 37 heavy (non-hydrogen) atoms. The highest BCUT2D eigenvalue weighted by molar-refractivity contribution is 5.69. The van der Waals surface area contributed by atoms with Crippen LogP contribution in [0, 0.1) is 0 Å². The van der Waals surface area contributed by atoms with Crippen molar-refractivity contribution in [3.63, 3.8) is 0 Å². The molecule has 0 amide bonds. The van der Waals surface area contributed by atoms with Gasteiger partial charge in [0.15, 0.2) is 11.5 Å². The van der Waals surface area contributed by atoms with Crippen LogP contribution in [0.4, 0.5) is 31.0 Å². The smallest absolute Gasteiger partial charge is 0.434 e. The van der Waals surface area contributed by atoms with E-state index in [0.29, 0.717) is 51.8 Å². The lowest BCUT2D eigenvalue weighted by Gasteiger charge is -2.35. The van der Waals surface area contributed by atoms with E-state index in [1.807, 2.05) is 9.80 Å². The second-order valence-electron chi connectivity index (χ2n) is 8.71. The second-order valence-corrected chi connectivity index (χ2v) is 8.71. The zero-order valence-electron chi connectivity index (χ0n) is 20.6. The molecule has 12 nitrogen and oxygen atoms in total. The zero-order chi connectivity index (χ0) is 26.4. The van der Waals surface area contributed by atoms with Crippen molar-refractivity contribution in [2.24, 2.45) is 0 Å². The Morgan fingerprint density at radius 1 is 1.00 bits per heavy atom. The minimum Gasteiger partial charge on any atom is -0.469 e. The Kier molecular flexibility index (Phi) is 8.53. The summed E-state index contributed by atoms with van der Waals surface area (Å²) in [7, 11) is 1.38. The van der Waals surface area contributed by atoms with E-state index in [2.05, 4.69) is 34.6 Å². The number of methoxy groups -OCH3 is 1. The van der Waals surface area contributed by atoms with Crippen molar-refractivity contribution in [3.05, 3.63) is 11.9 Å². The van der Waals surface area contributed by atoms with Crippen LogP contribution in [0.5, 0.6) is 0 Å². The highest BCUT2D eigenvalue weighted by Crippen LogP contribution is 2.35. The van der Waals surface area contributed by atoms with E-state index >= 15 is 0 Å². The average molecular weight is 526 g/mol. The fourth-order valence-electron chi connectivity index (χ4n) is 4.17. The Balaban J connectivity index is 1.55. The molecule has 0 aromatic carbocycles. The van der Waals surface area contributed by atoms with Crippen LogP contribution in [0.15, 0.2) is 6.20 Å². The van der Waals surface area contributed by atoms with Gasteiger partial charge in [-0.3, -0.25) is 9.69 Å². The van der Waals surface area contributed by atoms with Gasteiger partial charge in [-0.05, 0) is 19.4 Å². The monoisotopic (exact) mass is 525 g/mol. The van der Waals surface area contributed by atoms with Crippen LogP contribution in [-0.4, -0.2) is 102 Å². The molecular formula is C22H30F3N9O3. The minimum absolute atomic E-state index is 0.163. The number of aromatic nitrogens is 5. The van der Waals surface area contributed by atoms with E-state index in [1.54, 1.807) is 0 Å². The number of hydrogen-bond donors (Lipinski definition) is 1. The predicted octanol–water partition coefficient (Wildman–Crippen LogP) is 1.23. The van der Waals surface area contributed by atoms with Gasteiger partial charge in [0.25, 0.3) is 0 Å². The number of hydrogen-bond acceptors (Lipinski definition) is 12. The number of nitrogens with zero attached hydrogens (tertiary/aromatic N) is 8. The SMILES string of the molecule is COC(=O)CCCCN1CCN(c2nc(-c3cnc(N)nc3C(F)(F)F)nc(N3CCOCC3)n2)CC1. The number of esters is 1. The van der Waals surface area contributed by atoms with Gasteiger partial charge in [0.2, 0.25) is 17.8 Å². The molecule has 0 saturated carbocycles. The quantitative estimate of drug-likeness (QED) is 0.392. The van der Waals surface area contributed by atoms with Crippen molar-refractivity contribution in [3.8, 4) is 11.4 Å². The molecule has 2 fully saturated rings. The van der Waals surface area contributed by atoms with E-state index in [-0.39, 0.29) is 23.3 Å². The summed E-state index contributed by atoms with van der Waals surface area (Å²) < 4.78 is 51.4. The van der Waals surface area contributed by atoms with Gasteiger partial charge in [0.05, 0.1) is 25.9 Å². The van der Waals surface area contributed by atoms with E-state index in [4.69, 9.17) is 10.5 Å². The maximum atomic E-state index is 13.8. The largest absolute Gasteiger partial charge is 0.469 e. The first-order valence-corrected chi connectivity index (χ1v) is 12.1. The van der Waals surface area contributed by atoms with Crippen LogP contribution in [0.3, 0.4) is 0 Å². The summed E-state index contributed by atoms with van der Waals surface area (Å²) in [5, 5.41) is 0. The topological polar surface area (TPSA) is 136 Å². The number of alkyl halides is 3. The highest BCUT2D eigenvalue weighted by Gasteiger charge is 2.38. The van der Waals surface area contributed by atoms with Gasteiger partial charge in [0, 0.05) is 51.9 Å². The van der Waals surface area contributed by atoms with Crippen LogP contribution in [0.25, 0.3) is 11.4 Å². The summed E-state index contributed by atoms with van der Waals surface area (Å²) in [6, 6.07) is 0. The summed E-state index contributed by atoms with van der Waals surface area (Å²) >= 11 is 0. The fraction of sp³-hybridized carbons (Fsp3) is 0.636. The minimum atomic E-state index is -4.77. The summed E-state index contributed by atoms with van der Waals surface area (Å²) in [6.07, 6.45) is -1.76. The fourth-order valence-corrected chi connectivity index (χ4v) is 4.17. The number of morpholine rings is 1. The van der Waals surface area contributed by atoms with Crippen molar-refractivity contribution >= 4 is 23.8 Å². The standard InChI is InChI=1S/C22H30F3N9O3/c1-36-16(35)4-2-3-5-32-6-8-33(9-7-32)20-29-18(30-21(31-20)34-10-12-37-13-11-34)15-14-27-19(26)28-17(15)22(23,24)25/h14H,2-13H2,1H3,(H2,26,27,28). The number of halogens is 3. The Labute approximate surface area is 212 Å². The summed E-state index contributed by atoms with van der Waals surface area (Å²) in [6.45, 7) is 5.41. The van der Waals surface area contributed by atoms with E-state index < -0.39 is 17.8 Å². The number of nitrogens with two attached hydrogens (primary N) is 1. The molecule has 202 valence electrons. The molecule has 0 unspecified atom stereocenters. The molecule has 4 heterocycles. The number of nitrogen functional groups attached to an aromatic ring is 1. The highest BCUT2D eigenvalue weighted by atomic mass is 19.4. The molecule has 2 aliphatic rings. The molecular weight excluding hydrogens is 495 g/mol. The van der Waals surface area contributed by atoms with Gasteiger partial charge in [-0.25, -0.2) is 9.97 Å². The molecule has 0 bridgehead atoms. The third-order valence-corrected chi connectivity index (χ3v) is 6.21. The molecule has 2 aromatic rings. The van der Waals surface area contributed by atoms with Crippen molar-refractivity contribution in [2.45, 2.75) is 25.4 Å². The van der Waals surface area contributed by atoms with Gasteiger partial charge in [0.1, 0.15) is 0 Å². The number of piperazine rings is 1. The number of carbonyl (C=O) groups is 1. The van der Waals surface area contributed by atoms with Crippen LogP contribution < -0.4 is 15.5 Å². The Hall–Kier alpha value is -3.33. The number of anilines is 3. The average Bonchev–Trinajstić information content (AvgIpc) is 2.91. The summed E-state index contributed by atoms with van der Waals surface area (Å²) in [5.41, 5.74) is 3.89. The lowest BCUT2D eigenvalue weighted by atomic mass is 10.2. The maximum absolute atomic E-state index is 13.8. The lowest BCUT2D eigenvalue weighted by Crippen LogP contribution is -2.47. The predicted molar refractivity (Wildman–Crippen MR) is 128 cm³/mol. The van der Waals surface area contributed by atoms with E-state index in [9.17, 15) is 18.0 Å². The Morgan fingerprint density at radius 3 is 2.27 bits per heavy atom. The first-order valence-electron chi connectivity index (χ1n) is 12.1. The lowest BCUT2D eigenvalue weighted by molar-refractivity contribution is -0.141. The maximum Gasteiger partial charge on any atom is 0.434 e. The van der Waals surface area contributed by atoms with E-state index in [1.165, 1.54) is 7.11 Å². The van der Waals surface area contributed by atoms with Gasteiger partial charge < -0.3 is 25.0 Å². The number of rotatable bonds is 8. The van der Waals surface area contributed by atoms with Gasteiger partial charge in [-0.2, -0.15) is 28.1 Å². The molecule has 2 N–H and O–H groups in total. The van der Waals surface area contributed by atoms with Crippen molar-refractivity contribution in [2.75, 3.05) is 81.7 Å². The summed E-state index contributed by atoms with van der Waals surface area (Å²) in [4.78, 5) is 37.9. The Morgan fingerprint density at radius 2 is 1.65 bits per heavy atom. The normalized spacial score (nSPS) is 17.2. The van der Waals surface area contributed by atoms with Gasteiger partial charge >= 0.3 is 12.1 Å². The summed E-state index contributed by atoms with van der Waals surface area (Å²) in [5.74, 6) is -0.294. The molecule has 2 aromatic heterocycles. The van der Waals surface area contributed by atoms with Crippen LogP contribution >= 0.6 is 0 Å². The van der Waals surface area contributed by atoms with Crippen LogP contribution in [-0.2, 0) is 20.4 Å². The third-order valence-electron chi connectivity index (χ3n) is 6.21. The van der Waals surface area contributed by atoms with Crippen molar-refractivity contribution < 1.29 is 27.4 Å². The molecule has 2 saturated heterocycles. The molecule has 0 spiro atoms. The zero-order valence-corrected chi connectivity index (χ0v) is 20.6. The molecule has 2 aliphatic heterocycles. The number of unbranched alkanes of at least 4 members (excludes halogenated alkanes) is 1. The third kappa shape index (κ3) is 6.91. The molecule has 0 radical (unpaired) electrons. The van der Waals surface area contributed by atoms with Gasteiger partial charge in [-0.1, -0.05) is 0 Å².